The quantitative estimate of drug-likeness (QED) is 0.768. The standard InChI is InChI=1S/C12H23FN2/c1-3-12(2)9-15(7-6-13)11(8-14-12)10-4-5-10/h10-11,14H,3-9H2,1-2H3. The summed E-state index contributed by atoms with van der Waals surface area (Å²) in [7, 11) is 0. The molecule has 0 aromatic heterocycles. The van der Waals surface area contributed by atoms with Gasteiger partial charge in [-0.1, -0.05) is 6.92 Å². The van der Waals surface area contributed by atoms with Crippen molar-refractivity contribution in [1.82, 2.24) is 10.2 Å². The molecule has 1 heterocycles. The highest BCUT2D eigenvalue weighted by atomic mass is 19.1. The van der Waals surface area contributed by atoms with Gasteiger partial charge in [-0.15, -0.1) is 0 Å². The normalized spacial score (nSPS) is 38.2. The number of nitrogens with zero attached hydrogens (tertiary/aromatic N) is 1. The topological polar surface area (TPSA) is 15.3 Å². The molecule has 2 fully saturated rings. The maximum absolute atomic E-state index is 12.5. The predicted octanol–water partition coefficient (Wildman–Crippen LogP) is 1.81. The largest absolute Gasteiger partial charge is 0.309 e. The maximum atomic E-state index is 12.5. The zero-order valence-corrected chi connectivity index (χ0v) is 9.93. The van der Waals surface area contributed by atoms with Crippen molar-refractivity contribution in [3.05, 3.63) is 0 Å². The highest BCUT2D eigenvalue weighted by Gasteiger charge is 2.41. The molecule has 3 heteroatoms. The van der Waals surface area contributed by atoms with Gasteiger partial charge < -0.3 is 5.32 Å². The second-order valence-electron chi connectivity index (χ2n) is 5.36. The van der Waals surface area contributed by atoms with E-state index in [1.807, 2.05) is 0 Å². The average molecular weight is 214 g/mol. The smallest absolute Gasteiger partial charge is 0.102 e. The molecule has 1 aliphatic heterocycles. The summed E-state index contributed by atoms with van der Waals surface area (Å²) in [5, 5.41) is 3.64. The fraction of sp³-hybridized carbons (Fsp3) is 1.00. The van der Waals surface area contributed by atoms with Crippen molar-refractivity contribution in [1.29, 1.82) is 0 Å². The lowest BCUT2D eigenvalue weighted by Gasteiger charge is -2.46. The fourth-order valence-electron chi connectivity index (χ4n) is 2.64. The van der Waals surface area contributed by atoms with Crippen LogP contribution in [0.3, 0.4) is 0 Å². The summed E-state index contributed by atoms with van der Waals surface area (Å²) in [6, 6.07) is 0.598. The van der Waals surface area contributed by atoms with Gasteiger partial charge in [-0.05, 0) is 32.1 Å². The van der Waals surface area contributed by atoms with E-state index >= 15 is 0 Å². The first-order valence-electron chi connectivity index (χ1n) is 6.23. The number of rotatable bonds is 4. The molecule has 0 bridgehead atoms. The molecular weight excluding hydrogens is 191 g/mol. The van der Waals surface area contributed by atoms with Crippen LogP contribution in [0.5, 0.6) is 0 Å². The first-order valence-corrected chi connectivity index (χ1v) is 6.23. The van der Waals surface area contributed by atoms with Crippen LogP contribution in [-0.2, 0) is 0 Å². The van der Waals surface area contributed by atoms with Gasteiger partial charge >= 0.3 is 0 Å². The molecule has 1 aliphatic carbocycles. The number of nitrogens with one attached hydrogen (secondary N) is 1. The molecule has 15 heavy (non-hydrogen) atoms. The fourth-order valence-corrected chi connectivity index (χ4v) is 2.64. The molecule has 0 aromatic rings. The minimum atomic E-state index is -0.205. The Kier molecular flexibility index (Phi) is 3.31. The molecule has 2 atom stereocenters. The van der Waals surface area contributed by atoms with E-state index in [1.165, 1.54) is 12.8 Å². The first-order chi connectivity index (χ1) is 7.18. The van der Waals surface area contributed by atoms with E-state index in [9.17, 15) is 4.39 Å². The van der Waals surface area contributed by atoms with Crippen LogP contribution in [0.4, 0.5) is 4.39 Å². The molecule has 88 valence electrons. The van der Waals surface area contributed by atoms with E-state index in [-0.39, 0.29) is 12.2 Å². The van der Waals surface area contributed by atoms with Gasteiger partial charge in [0.25, 0.3) is 0 Å². The SMILES string of the molecule is CCC1(C)CN(CCF)C(C2CC2)CN1. The number of alkyl halides is 1. The second-order valence-corrected chi connectivity index (χ2v) is 5.36. The molecule has 0 radical (unpaired) electrons. The van der Waals surface area contributed by atoms with Crippen molar-refractivity contribution in [3.63, 3.8) is 0 Å². The van der Waals surface area contributed by atoms with Crippen LogP contribution in [0.25, 0.3) is 0 Å². The summed E-state index contributed by atoms with van der Waals surface area (Å²) >= 11 is 0. The van der Waals surface area contributed by atoms with Crippen LogP contribution in [0.2, 0.25) is 0 Å². The van der Waals surface area contributed by atoms with E-state index in [0.29, 0.717) is 12.6 Å². The van der Waals surface area contributed by atoms with Gasteiger partial charge in [0.2, 0.25) is 0 Å². The Hall–Kier alpha value is -0.150. The monoisotopic (exact) mass is 214 g/mol. The van der Waals surface area contributed by atoms with Crippen molar-refractivity contribution < 1.29 is 4.39 Å². The number of halogens is 1. The lowest BCUT2D eigenvalue weighted by atomic mass is 9.92. The van der Waals surface area contributed by atoms with Gasteiger partial charge in [0.05, 0.1) is 0 Å². The summed E-state index contributed by atoms with van der Waals surface area (Å²) in [5.41, 5.74) is 0.195. The zero-order chi connectivity index (χ0) is 10.9. The number of hydrogen-bond acceptors (Lipinski definition) is 2. The molecule has 0 amide bonds. The van der Waals surface area contributed by atoms with Crippen molar-refractivity contribution in [2.24, 2.45) is 5.92 Å². The molecule has 2 nitrogen and oxygen atoms in total. The highest BCUT2D eigenvalue weighted by molar-refractivity contribution is 4.99. The van der Waals surface area contributed by atoms with Crippen molar-refractivity contribution >= 4 is 0 Å². The maximum Gasteiger partial charge on any atom is 0.102 e. The Balaban J connectivity index is 1.98. The minimum Gasteiger partial charge on any atom is -0.309 e. The van der Waals surface area contributed by atoms with E-state index in [0.717, 1.165) is 25.4 Å². The minimum absolute atomic E-state index is 0.195. The van der Waals surface area contributed by atoms with E-state index in [4.69, 9.17) is 0 Å². The van der Waals surface area contributed by atoms with E-state index in [1.54, 1.807) is 0 Å². The third kappa shape index (κ3) is 2.51. The van der Waals surface area contributed by atoms with Crippen LogP contribution in [0.1, 0.15) is 33.1 Å². The van der Waals surface area contributed by atoms with Crippen LogP contribution < -0.4 is 5.32 Å². The lowest BCUT2D eigenvalue weighted by Crippen LogP contribution is -2.63. The summed E-state index contributed by atoms with van der Waals surface area (Å²) in [5.74, 6) is 0.838. The molecule has 2 aliphatic rings. The zero-order valence-electron chi connectivity index (χ0n) is 9.93. The molecule has 2 rings (SSSR count). The molecule has 1 saturated carbocycles. The third-order valence-corrected chi connectivity index (χ3v) is 4.08. The lowest BCUT2D eigenvalue weighted by molar-refractivity contribution is 0.0675. The van der Waals surface area contributed by atoms with E-state index in [2.05, 4.69) is 24.1 Å². The third-order valence-electron chi connectivity index (χ3n) is 4.08. The molecule has 0 aromatic carbocycles. The van der Waals surface area contributed by atoms with Gasteiger partial charge in [-0.2, -0.15) is 0 Å². The predicted molar refractivity (Wildman–Crippen MR) is 60.8 cm³/mol. The Morgan fingerprint density at radius 1 is 1.47 bits per heavy atom. The molecular formula is C12H23FN2. The molecule has 1 saturated heterocycles. The van der Waals surface area contributed by atoms with Gasteiger partial charge in [0.1, 0.15) is 6.67 Å². The van der Waals surface area contributed by atoms with Crippen LogP contribution in [0.15, 0.2) is 0 Å². The Morgan fingerprint density at radius 2 is 2.20 bits per heavy atom. The van der Waals surface area contributed by atoms with Crippen molar-refractivity contribution in [2.45, 2.75) is 44.7 Å². The number of piperazine rings is 1. The van der Waals surface area contributed by atoms with Gasteiger partial charge in [-0.25, -0.2) is 4.39 Å². The molecule has 0 spiro atoms. The van der Waals surface area contributed by atoms with Crippen molar-refractivity contribution in [2.75, 3.05) is 26.3 Å². The Labute approximate surface area is 92.2 Å². The summed E-state index contributed by atoms with van der Waals surface area (Å²) in [4.78, 5) is 2.37. The Bertz CT molecular complexity index is 218. The molecule has 2 unspecified atom stereocenters. The van der Waals surface area contributed by atoms with Crippen LogP contribution >= 0.6 is 0 Å². The highest BCUT2D eigenvalue weighted by Crippen LogP contribution is 2.37. The summed E-state index contributed by atoms with van der Waals surface area (Å²) in [6.07, 6.45) is 3.81. The second kappa shape index (κ2) is 4.38. The van der Waals surface area contributed by atoms with Gasteiger partial charge in [0, 0.05) is 31.2 Å². The Morgan fingerprint density at radius 3 is 2.73 bits per heavy atom. The van der Waals surface area contributed by atoms with Crippen molar-refractivity contribution in [3.8, 4) is 0 Å². The van der Waals surface area contributed by atoms with Crippen LogP contribution in [0, 0.1) is 5.92 Å². The molecule has 1 N–H and O–H groups in total. The van der Waals surface area contributed by atoms with E-state index < -0.39 is 0 Å². The van der Waals surface area contributed by atoms with Crippen LogP contribution in [-0.4, -0.2) is 42.8 Å². The first kappa shape index (κ1) is 11.3. The summed E-state index contributed by atoms with van der Waals surface area (Å²) < 4.78 is 12.5. The average Bonchev–Trinajstić information content (AvgIpc) is 3.03. The summed E-state index contributed by atoms with van der Waals surface area (Å²) in [6.45, 7) is 6.93. The van der Waals surface area contributed by atoms with Gasteiger partial charge in [0.15, 0.2) is 0 Å². The number of hydrogen-bond donors (Lipinski definition) is 1. The van der Waals surface area contributed by atoms with Gasteiger partial charge in [-0.3, -0.25) is 4.90 Å².